The largest absolute Gasteiger partial charge is 0.396 e. The SMILES string of the molecule is Cc1ccc(-n2cc(CCO)nn2)c(Br)c1. The summed E-state index contributed by atoms with van der Waals surface area (Å²) in [6.45, 7) is 2.13. The summed E-state index contributed by atoms with van der Waals surface area (Å²) in [6, 6.07) is 6.03. The molecule has 0 amide bonds. The van der Waals surface area contributed by atoms with Gasteiger partial charge >= 0.3 is 0 Å². The van der Waals surface area contributed by atoms with Crippen LogP contribution in [0.3, 0.4) is 0 Å². The zero-order chi connectivity index (χ0) is 11.5. The van der Waals surface area contributed by atoms with Crippen LogP contribution in [-0.2, 0) is 6.42 Å². The highest BCUT2D eigenvalue weighted by molar-refractivity contribution is 9.10. The molecule has 4 nitrogen and oxygen atoms in total. The van der Waals surface area contributed by atoms with Gasteiger partial charge in [-0.25, -0.2) is 4.68 Å². The molecule has 1 aromatic heterocycles. The van der Waals surface area contributed by atoms with Crippen molar-refractivity contribution in [3.63, 3.8) is 0 Å². The minimum absolute atomic E-state index is 0.0910. The summed E-state index contributed by atoms with van der Waals surface area (Å²) in [5.41, 5.74) is 2.92. The van der Waals surface area contributed by atoms with Crippen molar-refractivity contribution >= 4 is 15.9 Å². The molecule has 2 rings (SSSR count). The summed E-state index contributed by atoms with van der Waals surface area (Å²) in [7, 11) is 0. The molecule has 84 valence electrons. The van der Waals surface area contributed by atoms with Crippen LogP contribution in [-0.4, -0.2) is 26.7 Å². The Morgan fingerprint density at radius 2 is 2.25 bits per heavy atom. The molecule has 0 atom stereocenters. The normalized spacial score (nSPS) is 10.7. The van der Waals surface area contributed by atoms with Gasteiger partial charge in [-0.2, -0.15) is 0 Å². The first-order chi connectivity index (χ1) is 7.70. The maximum atomic E-state index is 8.80. The first kappa shape index (κ1) is 11.3. The molecule has 0 radical (unpaired) electrons. The lowest BCUT2D eigenvalue weighted by molar-refractivity contribution is 0.298. The van der Waals surface area contributed by atoms with Gasteiger partial charge in [-0.3, -0.25) is 0 Å². The van der Waals surface area contributed by atoms with Crippen molar-refractivity contribution in [1.82, 2.24) is 15.0 Å². The number of aliphatic hydroxyl groups excluding tert-OH is 1. The van der Waals surface area contributed by atoms with Gasteiger partial charge in [0.2, 0.25) is 0 Å². The van der Waals surface area contributed by atoms with E-state index in [4.69, 9.17) is 5.11 Å². The van der Waals surface area contributed by atoms with Crippen molar-refractivity contribution in [3.8, 4) is 5.69 Å². The van der Waals surface area contributed by atoms with Gasteiger partial charge in [0.15, 0.2) is 0 Å². The van der Waals surface area contributed by atoms with Crippen LogP contribution in [0.5, 0.6) is 0 Å². The topological polar surface area (TPSA) is 50.9 Å². The molecule has 1 aromatic carbocycles. The van der Waals surface area contributed by atoms with Gasteiger partial charge in [0, 0.05) is 17.5 Å². The molecule has 0 aliphatic rings. The highest BCUT2D eigenvalue weighted by Gasteiger charge is 2.05. The third kappa shape index (κ3) is 2.31. The van der Waals surface area contributed by atoms with Crippen LogP contribution >= 0.6 is 15.9 Å². The number of aromatic nitrogens is 3. The average molecular weight is 282 g/mol. The van der Waals surface area contributed by atoms with Gasteiger partial charge in [0.1, 0.15) is 0 Å². The average Bonchev–Trinajstić information content (AvgIpc) is 2.67. The fraction of sp³-hybridized carbons (Fsp3) is 0.273. The molecule has 16 heavy (non-hydrogen) atoms. The number of benzene rings is 1. The minimum Gasteiger partial charge on any atom is -0.396 e. The lowest BCUT2D eigenvalue weighted by atomic mass is 10.2. The van der Waals surface area contributed by atoms with E-state index < -0.39 is 0 Å². The van der Waals surface area contributed by atoms with E-state index in [9.17, 15) is 0 Å². The van der Waals surface area contributed by atoms with Crippen molar-refractivity contribution in [2.24, 2.45) is 0 Å². The second kappa shape index (κ2) is 4.76. The van der Waals surface area contributed by atoms with Crippen LogP contribution in [0.2, 0.25) is 0 Å². The predicted octanol–water partition coefficient (Wildman–Crippen LogP) is 1.87. The second-order valence-electron chi connectivity index (χ2n) is 3.58. The maximum Gasteiger partial charge on any atom is 0.0854 e. The molecule has 0 spiro atoms. The second-order valence-corrected chi connectivity index (χ2v) is 4.44. The number of hydrogen-bond acceptors (Lipinski definition) is 3. The van der Waals surface area contributed by atoms with Crippen LogP contribution in [0.4, 0.5) is 0 Å². The summed E-state index contributed by atoms with van der Waals surface area (Å²) in [6.07, 6.45) is 2.36. The standard InChI is InChI=1S/C11H12BrN3O/c1-8-2-3-11(10(12)6-8)15-7-9(4-5-16)13-14-15/h2-3,6-7,16H,4-5H2,1H3. The van der Waals surface area contributed by atoms with E-state index in [2.05, 4.69) is 26.2 Å². The fourth-order valence-corrected chi connectivity index (χ4v) is 2.12. The van der Waals surface area contributed by atoms with Crippen LogP contribution < -0.4 is 0 Å². The lowest BCUT2D eigenvalue weighted by Gasteiger charge is -2.03. The molecule has 0 aliphatic carbocycles. The van der Waals surface area contributed by atoms with Crippen molar-refractivity contribution in [2.75, 3.05) is 6.61 Å². The summed E-state index contributed by atoms with van der Waals surface area (Å²) in [4.78, 5) is 0. The Labute approximate surface area is 102 Å². The zero-order valence-corrected chi connectivity index (χ0v) is 10.5. The number of hydrogen-bond donors (Lipinski definition) is 1. The number of rotatable bonds is 3. The van der Waals surface area contributed by atoms with Gasteiger partial charge < -0.3 is 5.11 Å². The third-order valence-corrected chi connectivity index (χ3v) is 2.89. The molecular weight excluding hydrogens is 270 g/mol. The van der Waals surface area contributed by atoms with Crippen LogP contribution in [0.1, 0.15) is 11.3 Å². The zero-order valence-electron chi connectivity index (χ0n) is 8.89. The smallest absolute Gasteiger partial charge is 0.0854 e. The molecule has 1 N–H and O–H groups in total. The molecule has 0 unspecified atom stereocenters. The van der Waals surface area contributed by atoms with Gasteiger partial charge in [0.05, 0.1) is 17.6 Å². The van der Waals surface area contributed by atoms with E-state index in [1.54, 1.807) is 4.68 Å². The highest BCUT2D eigenvalue weighted by Crippen LogP contribution is 2.21. The molecule has 2 aromatic rings. The van der Waals surface area contributed by atoms with E-state index in [-0.39, 0.29) is 6.61 Å². The van der Waals surface area contributed by atoms with E-state index in [0.29, 0.717) is 6.42 Å². The van der Waals surface area contributed by atoms with E-state index in [1.165, 1.54) is 5.56 Å². The van der Waals surface area contributed by atoms with Crippen molar-refractivity contribution < 1.29 is 5.11 Å². The summed E-state index contributed by atoms with van der Waals surface area (Å²) >= 11 is 3.49. The Morgan fingerprint density at radius 3 is 2.94 bits per heavy atom. The Hall–Kier alpha value is -1.20. The molecular formula is C11H12BrN3O. The maximum absolute atomic E-state index is 8.80. The molecule has 0 saturated heterocycles. The first-order valence-corrected chi connectivity index (χ1v) is 5.78. The van der Waals surface area contributed by atoms with Gasteiger partial charge in [-0.15, -0.1) is 5.10 Å². The Kier molecular flexibility index (Phi) is 3.36. The quantitative estimate of drug-likeness (QED) is 0.935. The summed E-state index contributed by atoms with van der Waals surface area (Å²) in [5, 5.41) is 16.8. The minimum atomic E-state index is 0.0910. The first-order valence-electron chi connectivity index (χ1n) is 4.99. The monoisotopic (exact) mass is 281 g/mol. The molecule has 0 bridgehead atoms. The van der Waals surface area contributed by atoms with Gasteiger partial charge in [0.25, 0.3) is 0 Å². The summed E-state index contributed by atoms with van der Waals surface area (Å²) < 4.78 is 2.68. The Balaban J connectivity index is 2.35. The Morgan fingerprint density at radius 1 is 1.44 bits per heavy atom. The predicted molar refractivity (Wildman–Crippen MR) is 64.6 cm³/mol. The molecule has 0 fully saturated rings. The van der Waals surface area contributed by atoms with Gasteiger partial charge in [-0.05, 0) is 40.5 Å². The van der Waals surface area contributed by atoms with Crippen molar-refractivity contribution in [1.29, 1.82) is 0 Å². The third-order valence-electron chi connectivity index (χ3n) is 2.26. The van der Waals surface area contributed by atoms with Gasteiger partial charge in [-0.1, -0.05) is 11.3 Å². The molecule has 5 heteroatoms. The van der Waals surface area contributed by atoms with E-state index in [1.807, 2.05) is 31.3 Å². The van der Waals surface area contributed by atoms with Crippen LogP contribution in [0, 0.1) is 6.92 Å². The molecule has 1 heterocycles. The van der Waals surface area contributed by atoms with E-state index >= 15 is 0 Å². The summed E-state index contributed by atoms with van der Waals surface area (Å²) in [5.74, 6) is 0. The Bertz CT molecular complexity index is 496. The van der Waals surface area contributed by atoms with E-state index in [0.717, 1.165) is 15.9 Å². The van der Waals surface area contributed by atoms with Crippen LogP contribution in [0.25, 0.3) is 5.69 Å². The highest BCUT2D eigenvalue weighted by atomic mass is 79.9. The number of aliphatic hydroxyl groups is 1. The molecule has 0 saturated carbocycles. The van der Waals surface area contributed by atoms with Crippen molar-refractivity contribution in [3.05, 3.63) is 40.1 Å². The van der Waals surface area contributed by atoms with Crippen LogP contribution in [0.15, 0.2) is 28.9 Å². The number of aryl methyl sites for hydroxylation is 1. The molecule has 0 aliphatic heterocycles. The number of nitrogens with zero attached hydrogens (tertiary/aromatic N) is 3. The van der Waals surface area contributed by atoms with Crippen molar-refractivity contribution in [2.45, 2.75) is 13.3 Å². The number of halogens is 1. The fourth-order valence-electron chi connectivity index (χ4n) is 1.44. The lowest BCUT2D eigenvalue weighted by Crippen LogP contribution is -1.96.